The van der Waals surface area contributed by atoms with Crippen molar-refractivity contribution in [3.05, 3.63) is 12.2 Å². The Labute approximate surface area is 78.1 Å². The molecule has 1 saturated carbocycles. The first-order valence-electron chi connectivity index (χ1n) is 5.00. The van der Waals surface area contributed by atoms with Gasteiger partial charge in [-0.3, -0.25) is 5.10 Å². The molecule has 72 valence electrons. The van der Waals surface area contributed by atoms with Crippen LogP contribution >= 0.6 is 0 Å². The SMILES string of the molecule is c1n[nH]c(CNCC2CCCC2)n1. The van der Waals surface area contributed by atoms with Crippen molar-refractivity contribution in [2.75, 3.05) is 6.54 Å². The lowest BCUT2D eigenvalue weighted by molar-refractivity contribution is 0.484. The fraction of sp³-hybridized carbons (Fsp3) is 0.778. The fourth-order valence-electron chi connectivity index (χ4n) is 1.93. The fourth-order valence-corrected chi connectivity index (χ4v) is 1.93. The molecule has 1 fully saturated rings. The summed E-state index contributed by atoms with van der Waals surface area (Å²) in [6, 6.07) is 0. The highest BCUT2D eigenvalue weighted by Gasteiger charge is 2.13. The van der Waals surface area contributed by atoms with Gasteiger partial charge in [0.05, 0.1) is 6.54 Å². The van der Waals surface area contributed by atoms with E-state index in [1.165, 1.54) is 25.7 Å². The maximum atomic E-state index is 4.05. The molecule has 13 heavy (non-hydrogen) atoms. The molecule has 1 aliphatic carbocycles. The second-order valence-electron chi connectivity index (χ2n) is 3.71. The molecule has 0 aliphatic heterocycles. The lowest BCUT2D eigenvalue weighted by atomic mass is 10.1. The van der Waals surface area contributed by atoms with E-state index in [9.17, 15) is 0 Å². The largest absolute Gasteiger partial charge is 0.310 e. The van der Waals surface area contributed by atoms with E-state index in [0.717, 1.165) is 24.8 Å². The Morgan fingerprint density at radius 1 is 1.46 bits per heavy atom. The van der Waals surface area contributed by atoms with Crippen LogP contribution in [-0.4, -0.2) is 21.7 Å². The van der Waals surface area contributed by atoms with Crippen LogP contribution in [0.5, 0.6) is 0 Å². The van der Waals surface area contributed by atoms with E-state index in [4.69, 9.17) is 0 Å². The third-order valence-corrected chi connectivity index (χ3v) is 2.67. The van der Waals surface area contributed by atoms with Gasteiger partial charge in [0, 0.05) is 0 Å². The van der Waals surface area contributed by atoms with Gasteiger partial charge in [0.2, 0.25) is 0 Å². The zero-order valence-corrected chi connectivity index (χ0v) is 7.79. The van der Waals surface area contributed by atoms with Crippen LogP contribution in [-0.2, 0) is 6.54 Å². The molecule has 0 bridgehead atoms. The average Bonchev–Trinajstić information content (AvgIpc) is 2.75. The standard InChI is InChI=1S/C9H16N4/c1-2-4-8(3-1)5-10-6-9-11-7-12-13-9/h7-8,10H,1-6H2,(H,11,12,13). The third kappa shape index (κ3) is 2.52. The summed E-state index contributed by atoms with van der Waals surface area (Å²) < 4.78 is 0. The molecule has 1 aliphatic rings. The van der Waals surface area contributed by atoms with E-state index in [0.29, 0.717) is 0 Å². The number of nitrogens with zero attached hydrogens (tertiary/aromatic N) is 2. The Morgan fingerprint density at radius 3 is 3.00 bits per heavy atom. The number of rotatable bonds is 4. The van der Waals surface area contributed by atoms with E-state index < -0.39 is 0 Å². The maximum Gasteiger partial charge on any atom is 0.138 e. The highest BCUT2D eigenvalue weighted by atomic mass is 15.2. The number of aromatic amines is 1. The maximum absolute atomic E-state index is 4.05. The molecule has 1 heterocycles. The third-order valence-electron chi connectivity index (χ3n) is 2.67. The Hall–Kier alpha value is -0.900. The zero-order valence-electron chi connectivity index (χ0n) is 7.79. The molecule has 2 N–H and O–H groups in total. The monoisotopic (exact) mass is 180 g/mol. The van der Waals surface area contributed by atoms with Crippen molar-refractivity contribution >= 4 is 0 Å². The van der Waals surface area contributed by atoms with Crippen molar-refractivity contribution in [3.63, 3.8) is 0 Å². The molecule has 1 aromatic heterocycles. The summed E-state index contributed by atoms with van der Waals surface area (Å²) in [6.45, 7) is 1.94. The number of hydrogen-bond acceptors (Lipinski definition) is 3. The van der Waals surface area contributed by atoms with Crippen LogP contribution in [0.15, 0.2) is 6.33 Å². The molecule has 0 atom stereocenters. The van der Waals surface area contributed by atoms with Crippen LogP contribution in [0.1, 0.15) is 31.5 Å². The van der Waals surface area contributed by atoms with Crippen LogP contribution in [0.25, 0.3) is 0 Å². The molecule has 0 unspecified atom stereocenters. The van der Waals surface area contributed by atoms with Crippen LogP contribution in [0.4, 0.5) is 0 Å². The Morgan fingerprint density at radius 2 is 2.31 bits per heavy atom. The minimum absolute atomic E-state index is 0.816. The molecule has 0 saturated heterocycles. The summed E-state index contributed by atoms with van der Waals surface area (Å²) >= 11 is 0. The van der Waals surface area contributed by atoms with Gasteiger partial charge in [-0.05, 0) is 25.3 Å². The summed E-state index contributed by atoms with van der Waals surface area (Å²) in [7, 11) is 0. The van der Waals surface area contributed by atoms with E-state index in [1.807, 2.05) is 0 Å². The van der Waals surface area contributed by atoms with Crippen LogP contribution in [0.3, 0.4) is 0 Å². The smallest absolute Gasteiger partial charge is 0.138 e. The molecular formula is C9H16N4. The van der Waals surface area contributed by atoms with Gasteiger partial charge in [0.25, 0.3) is 0 Å². The molecule has 0 amide bonds. The summed E-state index contributed by atoms with van der Waals surface area (Å²) in [4.78, 5) is 4.05. The molecular weight excluding hydrogens is 164 g/mol. The summed E-state index contributed by atoms with van der Waals surface area (Å²) in [5.41, 5.74) is 0. The minimum Gasteiger partial charge on any atom is -0.310 e. The Kier molecular flexibility index (Phi) is 2.92. The molecule has 1 aromatic rings. The van der Waals surface area contributed by atoms with E-state index in [-0.39, 0.29) is 0 Å². The first-order valence-corrected chi connectivity index (χ1v) is 5.00. The lowest BCUT2D eigenvalue weighted by Gasteiger charge is -2.08. The molecule has 4 nitrogen and oxygen atoms in total. The first kappa shape index (κ1) is 8.69. The second-order valence-corrected chi connectivity index (χ2v) is 3.71. The van der Waals surface area contributed by atoms with Crippen molar-refractivity contribution in [1.82, 2.24) is 20.5 Å². The van der Waals surface area contributed by atoms with Gasteiger partial charge < -0.3 is 5.32 Å². The molecule has 2 rings (SSSR count). The zero-order chi connectivity index (χ0) is 8.93. The lowest BCUT2D eigenvalue weighted by Crippen LogP contribution is -2.21. The quantitative estimate of drug-likeness (QED) is 0.729. The van der Waals surface area contributed by atoms with Crippen molar-refractivity contribution in [2.24, 2.45) is 5.92 Å². The van der Waals surface area contributed by atoms with Gasteiger partial charge in [0.15, 0.2) is 0 Å². The number of nitrogens with one attached hydrogen (secondary N) is 2. The highest BCUT2D eigenvalue weighted by molar-refractivity contribution is 4.79. The minimum atomic E-state index is 0.816. The molecule has 0 aromatic carbocycles. The van der Waals surface area contributed by atoms with Gasteiger partial charge in [0.1, 0.15) is 12.2 Å². The van der Waals surface area contributed by atoms with Gasteiger partial charge >= 0.3 is 0 Å². The molecule has 4 heteroatoms. The van der Waals surface area contributed by atoms with Crippen LogP contribution in [0, 0.1) is 5.92 Å². The van der Waals surface area contributed by atoms with Gasteiger partial charge in [-0.25, -0.2) is 4.98 Å². The van der Waals surface area contributed by atoms with E-state index in [1.54, 1.807) is 6.33 Å². The van der Waals surface area contributed by atoms with Crippen molar-refractivity contribution in [2.45, 2.75) is 32.2 Å². The van der Waals surface area contributed by atoms with Crippen molar-refractivity contribution < 1.29 is 0 Å². The van der Waals surface area contributed by atoms with Gasteiger partial charge in [-0.2, -0.15) is 5.10 Å². The Bertz CT molecular complexity index is 226. The summed E-state index contributed by atoms with van der Waals surface area (Å²) in [5.74, 6) is 1.82. The van der Waals surface area contributed by atoms with Crippen molar-refractivity contribution in [3.8, 4) is 0 Å². The van der Waals surface area contributed by atoms with Gasteiger partial charge in [-0.15, -0.1) is 0 Å². The predicted molar refractivity (Wildman–Crippen MR) is 50.0 cm³/mol. The predicted octanol–water partition coefficient (Wildman–Crippen LogP) is 1.08. The first-order chi connectivity index (χ1) is 6.45. The summed E-state index contributed by atoms with van der Waals surface area (Å²) in [5, 5.41) is 10.0. The normalized spacial score (nSPS) is 18.2. The van der Waals surface area contributed by atoms with E-state index in [2.05, 4.69) is 20.5 Å². The van der Waals surface area contributed by atoms with Crippen LogP contribution < -0.4 is 5.32 Å². The summed E-state index contributed by atoms with van der Waals surface area (Å²) in [6.07, 6.45) is 7.16. The average molecular weight is 180 g/mol. The number of hydrogen-bond donors (Lipinski definition) is 2. The van der Waals surface area contributed by atoms with Gasteiger partial charge in [-0.1, -0.05) is 12.8 Å². The second kappa shape index (κ2) is 4.37. The Balaban J connectivity index is 1.63. The van der Waals surface area contributed by atoms with Crippen LogP contribution in [0.2, 0.25) is 0 Å². The van der Waals surface area contributed by atoms with Crippen molar-refractivity contribution in [1.29, 1.82) is 0 Å². The highest BCUT2D eigenvalue weighted by Crippen LogP contribution is 2.23. The topological polar surface area (TPSA) is 53.6 Å². The molecule has 0 spiro atoms. The number of H-pyrrole nitrogens is 1. The molecule has 0 radical (unpaired) electrons. The van der Waals surface area contributed by atoms with E-state index >= 15 is 0 Å². The number of aromatic nitrogens is 3.